The van der Waals surface area contributed by atoms with E-state index in [1.54, 1.807) is 0 Å². The van der Waals surface area contributed by atoms with Crippen LogP contribution in [0, 0.1) is 0 Å². The van der Waals surface area contributed by atoms with Crippen LogP contribution in [0.1, 0.15) is 97.9 Å². The molecule has 0 radical (unpaired) electrons. The standard InChI is InChI=1S/C59H49N/c1-57(2,3)41-34-54-56(48-31-27-40(39-23-24-39)33-53(48)59(54)50-21-13-10-18-45(50)46-19-11-14-22-51(46)59)55(35-41)60(42-28-25-38(26-29-42)37-15-7-6-8-16-37)43-30-32-47-44-17-9-12-20-49(44)58(4,5)52(47)36-43/h6-22,25-36,39H,23-24H2,1-5H3. The SMILES string of the molecule is CC(C)(C)c1cc(N(c2ccc(-c3ccccc3)cc2)c2ccc3c(c2)C(C)(C)c2ccccc2-3)c2c(c1)C1(c3ccccc3-c3ccccc31)c1cc(C3CC3)ccc1-2. The number of hydrogen-bond acceptors (Lipinski definition) is 1. The first-order chi connectivity index (χ1) is 29.1. The van der Waals surface area contributed by atoms with E-state index in [0.717, 1.165) is 5.69 Å². The zero-order valence-electron chi connectivity index (χ0n) is 35.2. The van der Waals surface area contributed by atoms with E-state index in [2.05, 4.69) is 215 Å². The maximum atomic E-state index is 2.61. The Morgan fingerprint density at radius 3 is 1.65 bits per heavy atom. The third-order valence-electron chi connectivity index (χ3n) is 14.4. The average Bonchev–Trinajstić information content (AvgIpc) is 3.99. The molecule has 0 saturated heterocycles. The van der Waals surface area contributed by atoms with Gasteiger partial charge in [0.2, 0.25) is 0 Å². The number of rotatable bonds is 5. The highest BCUT2D eigenvalue weighted by Gasteiger charge is 2.53. The van der Waals surface area contributed by atoms with Crippen LogP contribution in [0.3, 0.4) is 0 Å². The van der Waals surface area contributed by atoms with Gasteiger partial charge in [-0.2, -0.15) is 0 Å². The molecule has 0 unspecified atom stereocenters. The number of hydrogen-bond donors (Lipinski definition) is 0. The van der Waals surface area contributed by atoms with Crippen molar-refractivity contribution in [3.05, 3.63) is 220 Å². The first-order valence-electron chi connectivity index (χ1n) is 21.9. The van der Waals surface area contributed by atoms with E-state index in [-0.39, 0.29) is 10.8 Å². The fourth-order valence-electron chi connectivity index (χ4n) is 11.2. The molecule has 290 valence electrons. The second kappa shape index (κ2) is 12.5. The first-order valence-corrected chi connectivity index (χ1v) is 21.9. The molecule has 0 atom stereocenters. The maximum Gasteiger partial charge on any atom is 0.0726 e. The molecule has 1 spiro atoms. The Bertz CT molecular complexity index is 3000. The van der Waals surface area contributed by atoms with Crippen LogP contribution in [0.25, 0.3) is 44.5 Å². The monoisotopic (exact) mass is 771 g/mol. The summed E-state index contributed by atoms with van der Waals surface area (Å²) >= 11 is 0. The van der Waals surface area contributed by atoms with E-state index in [1.165, 1.54) is 113 Å². The van der Waals surface area contributed by atoms with E-state index in [0.29, 0.717) is 5.92 Å². The fraction of sp³-hybridized carbons (Fsp3) is 0.186. The van der Waals surface area contributed by atoms with Crippen molar-refractivity contribution in [3.8, 4) is 44.5 Å². The Labute approximate surface area is 355 Å². The van der Waals surface area contributed by atoms with Crippen LogP contribution in [0.2, 0.25) is 0 Å². The van der Waals surface area contributed by atoms with Crippen molar-refractivity contribution in [1.82, 2.24) is 0 Å². The molecule has 0 heterocycles. The van der Waals surface area contributed by atoms with Gasteiger partial charge < -0.3 is 4.90 Å². The molecule has 12 rings (SSSR count). The predicted molar refractivity (Wildman–Crippen MR) is 251 cm³/mol. The number of benzene rings is 8. The quantitative estimate of drug-likeness (QED) is 0.168. The van der Waals surface area contributed by atoms with Gasteiger partial charge in [0.1, 0.15) is 0 Å². The van der Waals surface area contributed by atoms with E-state index in [4.69, 9.17) is 0 Å². The molecule has 8 aromatic carbocycles. The molecule has 1 heteroatoms. The summed E-state index contributed by atoms with van der Waals surface area (Å²) in [5, 5.41) is 0. The van der Waals surface area contributed by atoms with Gasteiger partial charge in [0, 0.05) is 22.4 Å². The summed E-state index contributed by atoms with van der Waals surface area (Å²) in [5.74, 6) is 0.645. The summed E-state index contributed by atoms with van der Waals surface area (Å²) in [4.78, 5) is 2.59. The Kier molecular flexibility index (Phi) is 7.42. The van der Waals surface area contributed by atoms with Gasteiger partial charge in [0.05, 0.1) is 11.1 Å². The fourth-order valence-corrected chi connectivity index (χ4v) is 11.2. The van der Waals surface area contributed by atoms with E-state index < -0.39 is 5.41 Å². The Morgan fingerprint density at radius 2 is 1.00 bits per heavy atom. The number of fused-ring (bicyclic) bond motifs is 13. The Morgan fingerprint density at radius 1 is 0.450 bits per heavy atom. The minimum absolute atomic E-state index is 0.110. The van der Waals surface area contributed by atoms with Crippen molar-refractivity contribution >= 4 is 17.1 Å². The van der Waals surface area contributed by atoms with Crippen molar-refractivity contribution < 1.29 is 0 Å². The summed E-state index contributed by atoms with van der Waals surface area (Å²) in [6.45, 7) is 11.9. The molecule has 4 aliphatic rings. The molecule has 8 aromatic rings. The highest BCUT2D eigenvalue weighted by atomic mass is 15.1. The lowest BCUT2D eigenvalue weighted by Crippen LogP contribution is -2.27. The zero-order valence-corrected chi connectivity index (χ0v) is 35.2. The van der Waals surface area contributed by atoms with Crippen LogP contribution in [0.15, 0.2) is 176 Å². The molecular weight excluding hydrogens is 723 g/mol. The third kappa shape index (κ3) is 4.93. The second-order valence-corrected chi connectivity index (χ2v) is 19.2. The topological polar surface area (TPSA) is 3.24 Å². The normalized spacial score (nSPS) is 15.8. The molecule has 1 saturated carbocycles. The summed E-state index contributed by atoms with van der Waals surface area (Å²) in [7, 11) is 0. The molecule has 4 aliphatic carbocycles. The number of nitrogens with zero attached hydrogens (tertiary/aromatic N) is 1. The summed E-state index contributed by atoms with van der Waals surface area (Å²) in [6.07, 6.45) is 2.55. The average molecular weight is 772 g/mol. The van der Waals surface area contributed by atoms with E-state index in [1.807, 2.05) is 0 Å². The smallest absolute Gasteiger partial charge is 0.0726 e. The third-order valence-corrected chi connectivity index (χ3v) is 14.4. The molecular formula is C59H49N. The Hall–Kier alpha value is -6.44. The molecule has 0 aromatic heterocycles. The Balaban J connectivity index is 1.18. The first kappa shape index (κ1) is 35.5. The lowest BCUT2D eigenvalue weighted by Gasteiger charge is -2.34. The van der Waals surface area contributed by atoms with Gasteiger partial charge in [0.15, 0.2) is 0 Å². The molecule has 0 aliphatic heterocycles. The molecule has 0 N–H and O–H groups in total. The maximum absolute atomic E-state index is 2.61. The highest BCUT2D eigenvalue weighted by Crippen LogP contribution is 2.66. The molecule has 60 heavy (non-hydrogen) atoms. The molecule has 0 amide bonds. The van der Waals surface area contributed by atoms with E-state index in [9.17, 15) is 0 Å². The van der Waals surface area contributed by atoms with Gasteiger partial charge in [-0.15, -0.1) is 0 Å². The largest absolute Gasteiger partial charge is 0.310 e. The summed E-state index contributed by atoms with van der Waals surface area (Å²) in [6, 6.07) is 67.5. The van der Waals surface area contributed by atoms with Gasteiger partial charge in [-0.25, -0.2) is 0 Å². The molecule has 1 fully saturated rings. The minimum Gasteiger partial charge on any atom is -0.310 e. The van der Waals surface area contributed by atoms with Crippen LogP contribution >= 0.6 is 0 Å². The van der Waals surface area contributed by atoms with Gasteiger partial charge in [0.25, 0.3) is 0 Å². The summed E-state index contributed by atoms with van der Waals surface area (Å²) < 4.78 is 0. The van der Waals surface area contributed by atoms with Crippen LogP contribution in [0.5, 0.6) is 0 Å². The van der Waals surface area contributed by atoms with Gasteiger partial charge in [-0.05, 0) is 138 Å². The van der Waals surface area contributed by atoms with Crippen molar-refractivity contribution in [1.29, 1.82) is 0 Å². The minimum atomic E-state index is -0.441. The second-order valence-electron chi connectivity index (χ2n) is 19.2. The van der Waals surface area contributed by atoms with E-state index >= 15 is 0 Å². The number of anilines is 3. The van der Waals surface area contributed by atoms with Crippen LogP contribution < -0.4 is 4.90 Å². The van der Waals surface area contributed by atoms with Gasteiger partial charge in [-0.1, -0.05) is 180 Å². The van der Waals surface area contributed by atoms with Crippen LogP contribution in [-0.2, 0) is 16.2 Å². The van der Waals surface area contributed by atoms with Crippen LogP contribution in [0.4, 0.5) is 17.1 Å². The van der Waals surface area contributed by atoms with Gasteiger partial charge in [-0.3, -0.25) is 0 Å². The van der Waals surface area contributed by atoms with Crippen molar-refractivity contribution in [3.63, 3.8) is 0 Å². The van der Waals surface area contributed by atoms with Crippen molar-refractivity contribution in [2.24, 2.45) is 0 Å². The summed E-state index contributed by atoms with van der Waals surface area (Å²) in [5.41, 5.74) is 24.6. The van der Waals surface area contributed by atoms with Crippen molar-refractivity contribution in [2.75, 3.05) is 4.90 Å². The van der Waals surface area contributed by atoms with Crippen molar-refractivity contribution in [2.45, 2.75) is 69.6 Å². The molecule has 1 nitrogen and oxygen atoms in total. The lowest BCUT2D eigenvalue weighted by atomic mass is 9.69. The van der Waals surface area contributed by atoms with Gasteiger partial charge >= 0.3 is 0 Å². The molecule has 0 bridgehead atoms. The van der Waals surface area contributed by atoms with Crippen LogP contribution in [-0.4, -0.2) is 0 Å². The zero-order chi connectivity index (χ0) is 40.5. The highest BCUT2D eigenvalue weighted by molar-refractivity contribution is 6.02. The predicted octanol–water partition coefficient (Wildman–Crippen LogP) is 15.6. The lowest BCUT2D eigenvalue weighted by molar-refractivity contribution is 0.588.